The Morgan fingerprint density at radius 3 is 1.64 bits per heavy atom. The molecule has 1 unspecified atom stereocenters. The van der Waals surface area contributed by atoms with Gasteiger partial charge in [0.1, 0.15) is 0 Å². The highest BCUT2D eigenvalue weighted by Crippen LogP contribution is 2.52. The average molecular weight is 361 g/mol. The van der Waals surface area contributed by atoms with Crippen LogP contribution in [0, 0.1) is 0 Å². The van der Waals surface area contributed by atoms with Crippen LogP contribution in [0.3, 0.4) is 0 Å². The van der Waals surface area contributed by atoms with Gasteiger partial charge in [0.05, 0.1) is 0 Å². The predicted molar refractivity (Wildman–Crippen MR) is 117 cm³/mol. The van der Waals surface area contributed by atoms with Gasteiger partial charge in [0.2, 0.25) is 0 Å². The molecule has 0 saturated heterocycles. The van der Waals surface area contributed by atoms with E-state index in [4.69, 9.17) is 0 Å². The van der Waals surface area contributed by atoms with Gasteiger partial charge in [-0.05, 0) is 40.7 Å². The minimum absolute atomic E-state index is 0.0929. The smallest absolute Gasteiger partial charge is 0.0454 e. The Bertz CT molecular complexity index is 1010. The Kier molecular flexibility index (Phi) is 4.33. The third-order valence-corrected chi connectivity index (χ3v) is 6.34. The minimum Gasteiger partial charge on any atom is -0.0622 e. The van der Waals surface area contributed by atoms with Crippen molar-refractivity contribution in [2.45, 2.75) is 24.2 Å². The van der Waals surface area contributed by atoms with Gasteiger partial charge in [0.15, 0.2) is 0 Å². The standard InChI is InChI=1S/C28H24/c1-4-12-22(13-5-1)25-20-21-28(23-14-6-2-7-15-23,24-16-8-3-9-17-24)27-19-11-10-18-26(25)27/h1-19,25H,20-21H2. The van der Waals surface area contributed by atoms with Crippen LogP contribution in [0.2, 0.25) is 0 Å². The Balaban J connectivity index is 1.77. The van der Waals surface area contributed by atoms with E-state index in [1.807, 2.05) is 0 Å². The van der Waals surface area contributed by atoms with Gasteiger partial charge in [-0.3, -0.25) is 0 Å². The lowest BCUT2D eigenvalue weighted by molar-refractivity contribution is 0.469. The van der Waals surface area contributed by atoms with Crippen molar-refractivity contribution in [1.29, 1.82) is 0 Å². The highest BCUT2D eigenvalue weighted by Gasteiger charge is 2.42. The van der Waals surface area contributed by atoms with Gasteiger partial charge < -0.3 is 0 Å². The molecular weight excluding hydrogens is 336 g/mol. The van der Waals surface area contributed by atoms with Crippen LogP contribution in [0.5, 0.6) is 0 Å². The van der Waals surface area contributed by atoms with Crippen LogP contribution in [-0.4, -0.2) is 0 Å². The van der Waals surface area contributed by atoms with E-state index in [1.54, 1.807) is 0 Å². The second kappa shape index (κ2) is 7.13. The zero-order valence-electron chi connectivity index (χ0n) is 16.0. The molecule has 1 aliphatic carbocycles. The molecule has 1 atom stereocenters. The summed E-state index contributed by atoms with van der Waals surface area (Å²) in [6.45, 7) is 0. The molecule has 0 amide bonds. The van der Waals surface area contributed by atoms with E-state index >= 15 is 0 Å². The molecule has 0 nitrogen and oxygen atoms in total. The topological polar surface area (TPSA) is 0 Å². The molecule has 0 saturated carbocycles. The van der Waals surface area contributed by atoms with Crippen molar-refractivity contribution >= 4 is 0 Å². The summed E-state index contributed by atoms with van der Waals surface area (Å²) < 4.78 is 0. The lowest BCUT2D eigenvalue weighted by Crippen LogP contribution is -2.35. The fourth-order valence-corrected chi connectivity index (χ4v) is 5.08. The maximum Gasteiger partial charge on any atom is 0.0454 e. The van der Waals surface area contributed by atoms with E-state index in [1.165, 1.54) is 27.8 Å². The molecule has 0 fully saturated rings. The Morgan fingerprint density at radius 2 is 1.04 bits per heavy atom. The molecule has 0 bridgehead atoms. The van der Waals surface area contributed by atoms with Crippen LogP contribution in [0.1, 0.15) is 46.6 Å². The Morgan fingerprint density at radius 1 is 0.536 bits per heavy atom. The monoisotopic (exact) mass is 360 g/mol. The van der Waals surface area contributed by atoms with Gasteiger partial charge in [0, 0.05) is 11.3 Å². The predicted octanol–water partition coefficient (Wildman–Crippen LogP) is 6.95. The fraction of sp³-hybridized carbons (Fsp3) is 0.143. The maximum atomic E-state index is 2.35. The molecule has 0 aliphatic heterocycles. The van der Waals surface area contributed by atoms with E-state index in [0.29, 0.717) is 5.92 Å². The SMILES string of the molecule is c1ccc(C2CCC(c3ccccc3)(c3ccccc3)c3ccccc32)cc1. The van der Waals surface area contributed by atoms with Gasteiger partial charge in [-0.15, -0.1) is 0 Å². The molecule has 0 spiro atoms. The van der Waals surface area contributed by atoms with E-state index in [0.717, 1.165) is 12.8 Å². The number of fused-ring (bicyclic) bond motifs is 1. The van der Waals surface area contributed by atoms with Gasteiger partial charge in [-0.1, -0.05) is 115 Å². The summed E-state index contributed by atoms with van der Waals surface area (Å²) in [7, 11) is 0. The summed E-state index contributed by atoms with van der Waals surface area (Å²) >= 11 is 0. The van der Waals surface area contributed by atoms with Crippen LogP contribution < -0.4 is 0 Å². The van der Waals surface area contributed by atoms with Crippen LogP contribution in [-0.2, 0) is 5.41 Å². The quantitative estimate of drug-likeness (QED) is 0.371. The zero-order chi connectivity index (χ0) is 18.8. The highest BCUT2D eigenvalue weighted by atomic mass is 14.4. The van der Waals surface area contributed by atoms with Crippen molar-refractivity contribution in [3.63, 3.8) is 0 Å². The van der Waals surface area contributed by atoms with Crippen molar-refractivity contribution < 1.29 is 0 Å². The molecule has 0 heteroatoms. The van der Waals surface area contributed by atoms with Crippen molar-refractivity contribution in [2.24, 2.45) is 0 Å². The largest absolute Gasteiger partial charge is 0.0622 e. The van der Waals surface area contributed by atoms with E-state index in [9.17, 15) is 0 Å². The normalized spacial score (nSPS) is 17.6. The van der Waals surface area contributed by atoms with Gasteiger partial charge in [-0.2, -0.15) is 0 Å². The second-order valence-corrected chi connectivity index (χ2v) is 7.73. The molecule has 4 aromatic rings. The molecule has 5 rings (SSSR count). The number of benzene rings is 4. The first-order chi connectivity index (χ1) is 13.9. The Hall–Kier alpha value is -3.12. The van der Waals surface area contributed by atoms with E-state index in [-0.39, 0.29) is 5.41 Å². The van der Waals surface area contributed by atoms with Crippen molar-refractivity contribution in [3.8, 4) is 0 Å². The molecule has 0 radical (unpaired) electrons. The summed E-state index contributed by atoms with van der Waals surface area (Å²) in [5.41, 5.74) is 7.02. The number of rotatable bonds is 3. The molecule has 136 valence electrons. The highest BCUT2D eigenvalue weighted by molar-refractivity contribution is 5.57. The maximum absolute atomic E-state index is 2.35. The lowest BCUT2D eigenvalue weighted by atomic mass is 9.59. The summed E-state index contributed by atoms with van der Waals surface area (Å²) in [6.07, 6.45) is 2.25. The average Bonchev–Trinajstić information content (AvgIpc) is 2.80. The first kappa shape index (κ1) is 17.0. The number of hydrogen-bond acceptors (Lipinski definition) is 0. The molecule has 0 aromatic heterocycles. The summed E-state index contributed by atoms with van der Waals surface area (Å²) in [5, 5.41) is 0. The fourth-order valence-electron chi connectivity index (χ4n) is 5.08. The summed E-state index contributed by atoms with van der Waals surface area (Å²) in [5.74, 6) is 0.456. The molecule has 1 aliphatic rings. The molecular formula is C28H24. The second-order valence-electron chi connectivity index (χ2n) is 7.73. The molecule has 0 N–H and O–H groups in total. The third kappa shape index (κ3) is 2.68. The minimum atomic E-state index is -0.0929. The van der Waals surface area contributed by atoms with Crippen molar-refractivity contribution in [2.75, 3.05) is 0 Å². The van der Waals surface area contributed by atoms with Crippen molar-refractivity contribution in [3.05, 3.63) is 143 Å². The molecule has 28 heavy (non-hydrogen) atoms. The van der Waals surface area contributed by atoms with Crippen molar-refractivity contribution in [1.82, 2.24) is 0 Å². The summed E-state index contributed by atoms with van der Waals surface area (Å²) in [6, 6.07) is 42.2. The third-order valence-electron chi connectivity index (χ3n) is 6.34. The van der Waals surface area contributed by atoms with E-state index < -0.39 is 0 Å². The lowest BCUT2D eigenvalue weighted by Gasteiger charge is -2.43. The van der Waals surface area contributed by atoms with Crippen LogP contribution >= 0.6 is 0 Å². The first-order valence-electron chi connectivity index (χ1n) is 10.1. The van der Waals surface area contributed by atoms with Gasteiger partial charge in [0.25, 0.3) is 0 Å². The van der Waals surface area contributed by atoms with Gasteiger partial charge >= 0.3 is 0 Å². The van der Waals surface area contributed by atoms with Crippen LogP contribution in [0.4, 0.5) is 0 Å². The first-order valence-corrected chi connectivity index (χ1v) is 10.1. The Labute approximate surface area is 167 Å². The van der Waals surface area contributed by atoms with Crippen LogP contribution in [0.15, 0.2) is 115 Å². The zero-order valence-corrected chi connectivity index (χ0v) is 16.0. The van der Waals surface area contributed by atoms with Crippen LogP contribution in [0.25, 0.3) is 0 Å². The summed E-state index contributed by atoms with van der Waals surface area (Å²) in [4.78, 5) is 0. The molecule has 4 aromatic carbocycles. The molecule has 0 heterocycles. The van der Waals surface area contributed by atoms with E-state index in [2.05, 4.69) is 115 Å². The van der Waals surface area contributed by atoms with Gasteiger partial charge in [-0.25, -0.2) is 0 Å². The number of hydrogen-bond donors (Lipinski definition) is 0.